The summed E-state index contributed by atoms with van der Waals surface area (Å²) in [6.07, 6.45) is -2.60. The number of aliphatic hydroxyl groups excluding tert-OH is 1. The molecule has 6 N–H and O–H groups in total. The summed E-state index contributed by atoms with van der Waals surface area (Å²) in [6, 6.07) is 0. The van der Waals surface area contributed by atoms with Crippen molar-refractivity contribution in [3.63, 3.8) is 0 Å². The van der Waals surface area contributed by atoms with E-state index in [1.165, 1.54) is 6.92 Å². The van der Waals surface area contributed by atoms with Crippen molar-refractivity contribution in [3.8, 4) is 0 Å². The Kier molecular flexibility index (Phi) is 6.50. The molecular weight excluding hydrogens is 487 g/mol. The number of rotatable bonds is 7. The fraction of sp³-hybridized carbons (Fsp3) is 0.455. The number of aliphatic hydroxyl groups is 1. The first-order valence-electron chi connectivity index (χ1n) is 8.14. The van der Waals surface area contributed by atoms with Crippen molar-refractivity contribution in [1.82, 2.24) is 25.0 Å². The summed E-state index contributed by atoms with van der Waals surface area (Å²) in [5, 5.41) is 17.7. The van der Waals surface area contributed by atoms with Gasteiger partial charge in [-0.2, -0.15) is 8.99 Å². The molecule has 20 heteroatoms. The maximum atomic E-state index is 11.9. The number of H-pyrrole nitrogens is 1. The van der Waals surface area contributed by atoms with Crippen molar-refractivity contribution in [1.29, 1.82) is 0 Å². The van der Waals surface area contributed by atoms with Crippen molar-refractivity contribution < 1.29 is 51.7 Å². The summed E-state index contributed by atoms with van der Waals surface area (Å²) in [5.41, 5.74) is -0.624. The molecule has 3 rings (SSSR count). The van der Waals surface area contributed by atoms with Crippen LogP contribution < -0.4 is 5.56 Å². The number of fused-ring (bicyclic) bond motifs is 1. The summed E-state index contributed by atoms with van der Waals surface area (Å²) in [6.45, 7) is 1.52. The minimum atomic E-state index is -5.58. The lowest BCUT2D eigenvalue weighted by Gasteiger charge is -2.15. The van der Waals surface area contributed by atoms with Crippen LogP contribution in [0.25, 0.3) is 11.2 Å². The highest BCUT2D eigenvalue weighted by Gasteiger charge is 2.40. The van der Waals surface area contributed by atoms with Crippen LogP contribution in [0.15, 0.2) is 16.7 Å². The second kappa shape index (κ2) is 8.39. The van der Waals surface area contributed by atoms with Crippen LogP contribution >= 0.6 is 23.2 Å². The molecule has 0 amide bonds. The van der Waals surface area contributed by atoms with Gasteiger partial charge in [0.05, 0.1) is 6.10 Å². The number of phosphoric acid groups is 2. The van der Waals surface area contributed by atoms with E-state index in [4.69, 9.17) is 19.4 Å². The van der Waals surface area contributed by atoms with Crippen LogP contribution in [0.2, 0.25) is 0 Å². The summed E-state index contributed by atoms with van der Waals surface area (Å²) in [4.78, 5) is 54.2. The number of aryl methyl sites for hydroxylation is 1. The Morgan fingerprint density at radius 1 is 1.23 bits per heavy atom. The Morgan fingerprint density at radius 2 is 1.90 bits per heavy atom. The molecule has 2 aromatic heterocycles. The number of aromatic amines is 1. The highest BCUT2D eigenvalue weighted by Crippen LogP contribution is 2.66. The second-order valence-corrected chi connectivity index (χ2v) is 10.9. The molecule has 3 heterocycles. The first-order valence-corrected chi connectivity index (χ1v) is 12.8. The Labute approximate surface area is 171 Å². The molecule has 0 spiro atoms. The number of hydrogen-bond acceptors (Lipinski definition) is 11. The molecule has 1 aliphatic heterocycles. The van der Waals surface area contributed by atoms with E-state index in [0.29, 0.717) is 5.82 Å². The van der Waals surface area contributed by atoms with E-state index in [1.54, 1.807) is 0 Å². The summed E-state index contributed by atoms with van der Waals surface area (Å²) in [7, 11) is -16.1. The predicted octanol–water partition coefficient (Wildman–Crippen LogP) is -0.603. The van der Waals surface area contributed by atoms with Crippen molar-refractivity contribution in [2.45, 2.75) is 31.8 Å². The van der Waals surface area contributed by atoms with Gasteiger partial charge in [0.15, 0.2) is 17.4 Å². The van der Waals surface area contributed by atoms with E-state index in [0.717, 1.165) is 10.8 Å². The maximum Gasteiger partial charge on any atom is 0.488 e. The molecule has 5 atom stereocenters. The molecule has 31 heavy (non-hydrogen) atoms. The van der Waals surface area contributed by atoms with Gasteiger partial charge < -0.3 is 34.4 Å². The van der Waals surface area contributed by atoms with Crippen molar-refractivity contribution in [2.75, 3.05) is 0 Å². The van der Waals surface area contributed by atoms with Gasteiger partial charge in [-0.1, -0.05) is 5.21 Å². The molecule has 2 unspecified atom stereocenters. The summed E-state index contributed by atoms with van der Waals surface area (Å²) >= 11 is 0. The monoisotopic (exact) mass is 503 g/mol. The third-order valence-electron chi connectivity index (χ3n) is 3.73. The van der Waals surface area contributed by atoms with Crippen molar-refractivity contribution in [2.24, 2.45) is 0 Å². The zero-order valence-electron chi connectivity index (χ0n) is 15.3. The van der Waals surface area contributed by atoms with Crippen molar-refractivity contribution in [3.05, 3.63) is 28.1 Å². The van der Waals surface area contributed by atoms with Gasteiger partial charge in [0.25, 0.3) is 5.56 Å². The normalized spacial score (nSPS) is 26.3. The standard InChI is InChI=1S/C11H16N5O12P3/c1-5-12-9-8(10(18)13-5)14-15-16(9)11-7(17)4-6(26-11)2-3-29(19,20)27-31(24,25)28-30(21,22)23/h2-3,6-7,11,17H,4H2,1H3,(H,19,20)(H,24,25)(H,12,13,18)(H2,21,22,23)/b3-2+/t6-,7-,11-/m1/s1. The zero-order valence-corrected chi connectivity index (χ0v) is 18.0. The third-order valence-corrected chi connectivity index (χ3v) is 7.72. The zero-order chi connectivity index (χ0) is 23.2. The molecule has 0 bridgehead atoms. The molecule has 2 aromatic rings. The minimum Gasteiger partial charge on any atom is -0.388 e. The van der Waals surface area contributed by atoms with Crippen LogP contribution in [-0.4, -0.2) is 61.8 Å². The van der Waals surface area contributed by atoms with E-state index in [-0.39, 0.29) is 23.4 Å². The Hall–Kier alpha value is -1.61. The van der Waals surface area contributed by atoms with Gasteiger partial charge >= 0.3 is 23.2 Å². The van der Waals surface area contributed by atoms with Crippen molar-refractivity contribution >= 4 is 34.4 Å². The lowest BCUT2D eigenvalue weighted by Crippen LogP contribution is -2.21. The van der Waals surface area contributed by atoms with Gasteiger partial charge in [-0.05, 0) is 13.0 Å². The molecule has 0 saturated carbocycles. The van der Waals surface area contributed by atoms with Crippen LogP contribution in [0.1, 0.15) is 18.5 Å². The first kappa shape index (κ1) is 24.0. The molecule has 1 aliphatic rings. The summed E-state index contributed by atoms with van der Waals surface area (Å²) in [5.74, 6) is 0.680. The molecule has 0 radical (unpaired) electrons. The number of nitrogens with zero attached hydrogens (tertiary/aromatic N) is 4. The van der Waals surface area contributed by atoms with Crippen LogP contribution in [0, 0.1) is 6.92 Å². The average Bonchev–Trinajstić information content (AvgIpc) is 3.12. The molecule has 172 valence electrons. The van der Waals surface area contributed by atoms with E-state index in [1.807, 2.05) is 0 Å². The lowest BCUT2D eigenvalue weighted by molar-refractivity contribution is -0.0313. The smallest absolute Gasteiger partial charge is 0.388 e. The SMILES string of the molecule is Cc1nc2c(nnn2[C@@H]2O[C@H](/C=C/P(=O)(O)OP(=O)(O)OP(=O)(O)O)C[C@H]2O)c(=O)[nH]1. The molecule has 0 aromatic carbocycles. The molecule has 17 nitrogen and oxygen atoms in total. The van der Waals surface area contributed by atoms with Gasteiger partial charge in [0.1, 0.15) is 11.9 Å². The van der Waals surface area contributed by atoms with Gasteiger partial charge in [-0.3, -0.25) is 9.36 Å². The van der Waals surface area contributed by atoms with E-state index < -0.39 is 47.2 Å². The van der Waals surface area contributed by atoms with E-state index in [2.05, 4.69) is 28.9 Å². The quantitative estimate of drug-likeness (QED) is 0.258. The van der Waals surface area contributed by atoms with E-state index in [9.17, 15) is 28.5 Å². The van der Waals surface area contributed by atoms with Gasteiger partial charge in [-0.25, -0.2) is 18.4 Å². The molecule has 1 saturated heterocycles. The van der Waals surface area contributed by atoms with Crippen LogP contribution in [0.3, 0.4) is 0 Å². The largest absolute Gasteiger partial charge is 0.488 e. The molecule has 1 fully saturated rings. The number of nitrogens with one attached hydrogen (secondary N) is 1. The predicted molar refractivity (Wildman–Crippen MR) is 98.2 cm³/mol. The average molecular weight is 503 g/mol. The van der Waals surface area contributed by atoms with Gasteiger partial charge in [-0.15, -0.1) is 5.10 Å². The second-order valence-electron chi connectivity index (χ2n) is 6.25. The number of ether oxygens (including phenoxy) is 1. The topological polar surface area (TPSA) is 257 Å². The fourth-order valence-corrected chi connectivity index (χ4v) is 5.95. The third kappa shape index (κ3) is 6.00. The minimum absolute atomic E-state index is 0.0295. The fourth-order valence-electron chi connectivity index (χ4n) is 2.67. The van der Waals surface area contributed by atoms with Crippen LogP contribution in [-0.2, 0) is 27.1 Å². The Balaban J connectivity index is 1.75. The highest BCUT2D eigenvalue weighted by atomic mass is 31.3. The van der Waals surface area contributed by atoms with E-state index >= 15 is 0 Å². The maximum absolute atomic E-state index is 11.9. The summed E-state index contributed by atoms with van der Waals surface area (Å²) < 4.78 is 47.8. The van der Waals surface area contributed by atoms with Crippen LogP contribution in [0.5, 0.6) is 0 Å². The number of hydrogen-bond donors (Lipinski definition) is 6. The first-order chi connectivity index (χ1) is 14.2. The van der Waals surface area contributed by atoms with Gasteiger partial charge in [0, 0.05) is 12.2 Å². The highest BCUT2D eigenvalue weighted by molar-refractivity contribution is 7.69. The number of aromatic nitrogens is 5. The van der Waals surface area contributed by atoms with Crippen LogP contribution in [0.4, 0.5) is 0 Å². The van der Waals surface area contributed by atoms with Gasteiger partial charge in [0.2, 0.25) is 0 Å². The molecular formula is C11H16N5O12P3. The Bertz CT molecular complexity index is 1220. The lowest BCUT2D eigenvalue weighted by atomic mass is 10.2. The Morgan fingerprint density at radius 3 is 2.55 bits per heavy atom. The molecule has 0 aliphatic carbocycles.